The maximum absolute atomic E-state index is 2.42. The zero-order valence-corrected chi connectivity index (χ0v) is 75.8. The second-order valence-corrected chi connectivity index (χ2v) is 33.9. The minimum atomic E-state index is 0.498. The zero-order valence-electron chi connectivity index (χ0n) is 75.8. The van der Waals surface area contributed by atoms with E-state index >= 15 is 0 Å². The summed E-state index contributed by atoms with van der Waals surface area (Å²) in [5.41, 5.74) is 6.35. The van der Waals surface area contributed by atoms with Crippen molar-refractivity contribution in [2.75, 3.05) is 0 Å². The molecule has 0 aliphatic heterocycles. The zero-order chi connectivity index (χ0) is 76.8. The van der Waals surface area contributed by atoms with Gasteiger partial charge in [-0.2, -0.15) is 0 Å². The van der Waals surface area contributed by atoms with Crippen LogP contribution in [0.4, 0.5) is 0 Å². The van der Waals surface area contributed by atoms with Crippen LogP contribution in [0, 0.1) is 54.1 Å². The molecule has 6 saturated carbocycles. The molecule has 0 saturated heterocycles. The van der Waals surface area contributed by atoms with Crippen molar-refractivity contribution < 1.29 is 0 Å². The molecular formula is C95H202. The molecule has 0 radical (unpaired) electrons. The minimum Gasteiger partial charge on any atom is -0.0885 e. The van der Waals surface area contributed by atoms with Crippen LogP contribution in [-0.4, -0.2) is 0 Å². The van der Waals surface area contributed by atoms with Gasteiger partial charge in [-0.25, -0.2) is 0 Å². The normalized spacial score (nSPS) is 22.1. The first kappa shape index (κ1) is 115. The third-order valence-corrected chi connectivity index (χ3v) is 18.9. The van der Waals surface area contributed by atoms with Crippen molar-refractivity contribution in [1.82, 2.24) is 0 Å². The lowest BCUT2D eigenvalue weighted by Crippen LogP contribution is -2.20. The first-order chi connectivity index (χ1) is 44.6. The fourth-order valence-electron chi connectivity index (χ4n) is 11.6. The van der Waals surface area contributed by atoms with Gasteiger partial charge in [-0.05, 0) is 195 Å². The van der Waals surface area contributed by atoms with E-state index in [-0.39, 0.29) is 0 Å². The number of hydrogen-bond acceptors (Lipinski definition) is 0. The molecule has 0 amide bonds. The van der Waals surface area contributed by atoms with E-state index in [1.165, 1.54) is 238 Å². The molecule has 95 heavy (non-hydrogen) atoms. The Balaban J connectivity index is -0.000000103. The van der Waals surface area contributed by atoms with Gasteiger partial charge in [0.25, 0.3) is 0 Å². The van der Waals surface area contributed by atoms with E-state index in [4.69, 9.17) is 0 Å². The van der Waals surface area contributed by atoms with Crippen LogP contribution in [0.2, 0.25) is 0 Å². The Morgan fingerprint density at radius 3 is 0.474 bits per heavy atom. The molecule has 10 aliphatic carbocycles. The van der Waals surface area contributed by atoms with Crippen LogP contribution in [0.15, 0.2) is 48.6 Å². The van der Waals surface area contributed by atoms with Gasteiger partial charge in [0.05, 0.1) is 0 Å². The Bertz CT molecular complexity index is 1490. The minimum absolute atomic E-state index is 0.498. The van der Waals surface area contributed by atoms with E-state index < -0.39 is 0 Å². The molecule has 0 aromatic carbocycles. The fourth-order valence-corrected chi connectivity index (χ4v) is 11.6. The van der Waals surface area contributed by atoms with Crippen molar-refractivity contribution in [2.24, 2.45) is 54.1 Å². The first-order valence-corrected chi connectivity index (χ1v) is 43.2. The predicted octanol–water partition coefficient (Wildman–Crippen LogP) is 37.2. The van der Waals surface area contributed by atoms with Crippen molar-refractivity contribution in [1.29, 1.82) is 0 Å². The largest absolute Gasteiger partial charge is 0.0885 e. The van der Waals surface area contributed by atoms with E-state index in [9.17, 15) is 0 Å². The van der Waals surface area contributed by atoms with Gasteiger partial charge in [0.2, 0.25) is 0 Å². The predicted molar refractivity (Wildman–Crippen MR) is 459 cm³/mol. The van der Waals surface area contributed by atoms with Gasteiger partial charge >= 0.3 is 0 Å². The van der Waals surface area contributed by atoms with Crippen LogP contribution in [0.1, 0.15) is 515 Å². The molecule has 0 unspecified atom stereocenters. The van der Waals surface area contributed by atoms with Crippen molar-refractivity contribution >= 4 is 0 Å². The summed E-state index contributed by atoms with van der Waals surface area (Å²) in [6.45, 7) is 86.8. The Kier molecular flexibility index (Phi) is 88.2. The Hall–Kier alpha value is -1.04. The van der Waals surface area contributed by atoms with Crippen molar-refractivity contribution in [3.63, 3.8) is 0 Å². The van der Waals surface area contributed by atoms with E-state index in [1.807, 2.05) is 138 Å². The number of allylic oxidation sites excluding steroid dienone is 8. The van der Waals surface area contributed by atoms with Gasteiger partial charge in [0.1, 0.15) is 0 Å². The maximum atomic E-state index is 2.42. The summed E-state index contributed by atoms with van der Waals surface area (Å²) < 4.78 is 0. The summed E-state index contributed by atoms with van der Waals surface area (Å²) in [6.07, 6.45) is 70.9. The molecule has 0 aromatic rings. The average Bonchev–Trinajstić information content (AvgIpc) is 2.19. The molecule has 0 heteroatoms. The molecule has 0 nitrogen and oxygen atoms in total. The highest BCUT2D eigenvalue weighted by Gasteiger charge is 2.30. The number of rotatable bonds is 0. The van der Waals surface area contributed by atoms with Crippen molar-refractivity contribution in [3.05, 3.63) is 48.6 Å². The summed E-state index contributed by atoms with van der Waals surface area (Å²) in [6, 6.07) is 0. The molecule has 0 heterocycles. The van der Waals surface area contributed by atoms with E-state index in [0.717, 1.165) is 10.8 Å². The standard InChI is InChI=1S/C10H20.C9H18.C8H16.2C8H14.C7H14.2C7H12.C6H12.C5H10.10C2H6/c1-10(2)8-6-4-3-5-7-9-10;1-9(2)7-5-3-4-6-8-9;3*1-8(2)6-4-3-5-7-8;3*1-7(2)5-3-4-6-7;1-6(2)4-3-5-6;1-5(2)3-4-5;10*1-2/h3-9H2,1-2H3;3-8H2,1-2H3;3-7H2,1-2H3;4,6H,3,5,7H2,1-2H3;3-4H,5-7H2,1-2H3;3-6H2,1-2H3;3,5H,4,6H2,1-2H3;3-4H,5-6H2,1-2H3;3-5H2,1-2H3;3-4H2,1-2H3;10*1-2H3. The van der Waals surface area contributed by atoms with Crippen LogP contribution < -0.4 is 0 Å². The monoisotopic (exact) mass is 1340 g/mol. The maximum Gasteiger partial charge on any atom is -0.0172 e. The Morgan fingerprint density at radius 2 is 0.347 bits per heavy atom. The summed E-state index contributed by atoms with van der Waals surface area (Å²) in [5.74, 6) is 0. The van der Waals surface area contributed by atoms with E-state index in [2.05, 4.69) is 187 Å². The van der Waals surface area contributed by atoms with Crippen LogP contribution in [0.5, 0.6) is 0 Å². The summed E-state index contributed by atoms with van der Waals surface area (Å²) in [5, 5.41) is 0. The van der Waals surface area contributed by atoms with Crippen LogP contribution >= 0.6 is 0 Å². The highest BCUT2D eigenvalue weighted by molar-refractivity contribution is 5.02. The van der Waals surface area contributed by atoms with Gasteiger partial charge in [0, 0.05) is 0 Å². The Labute approximate surface area is 613 Å². The lowest BCUT2D eigenvalue weighted by molar-refractivity contribution is 0.190. The molecule has 0 spiro atoms. The first-order valence-electron chi connectivity index (χ1n) is 43.2. The van der Waals surface area contributed by atoms with Gasteiger partial charge in [-0.1, -0.05) is 422 Å². The second kappa shape index (κ2) is 72.7. The smallest absolute Gasteiger partial charge is 0.0172 e. The van der Waals surface area contributed by atoms with E-state index in [1.54, 1.807) is 0 Å². The summed E-state index contributed by atoms with van der Waals surface area (Å²) in [4.78, 5) is 0. The highest BCUT2D eigenvalue weighted by Crippen LogP contribution is 2.44. The van der Waals surface area contributed by atoms with Crippen LogP contribution in [-0.2, 0) is 0 Å². The molecule has 0 atom stereocenters. The average molecular weight is 1340 g/mol. The quantitative estimate of drug-likeness (QED) is 0.168. The lowest BCUT2D eigenvalue weighted by atomic mass is 9.72. The fraction of sp³-hybridized carbons (Fsp3) is 0.916. The Morgan fingerprint density at radius 1 is 0.147 bits per heavy atom. The number of hydrogen-bond donors (Lipinski definition) is 0. The molecule has 6 fully saturated rings. The molecule has 0 aromatic heterocycles. The summed E-state index contributed by atoms with van der Waals surface area (Å²) in [7, 11) is 0. The second-order valence-electron chi connectivity index (χ2n) is 33.9. The lowest BCUT2D eigenvalue weighted by Gasteiger charge is -2.33. The van der Waals surface area contributed by atoms with Gasteiger partial charge < -0.3 is 0 Å². The van der Waals surface area contributed by atoms with Crippen molar-refractivity contribution in [2.45, 2.75) is 515 Å². The van der Waals surface area contributed by atoms with Gasteiger partial charge in [0.15, 0.2) is 0 Å². The third-order valence-electron chi connectivity index (χ3n) is 18.9. The van der Waals surface area contributed by atoms with Crippen molar-refractivity contribution in [3.8, 4) is 0 Å². The summed E-state index contributed by atoms with van der Waals surface area (Å²) >= 11 is 0. The van der Waals surface area contributed by atoms with Crippen LogP contribution in [0.3, 0.4) is 0 Å². The molecule has 10 rings (SSSR count). The molecule has 0 N–H and O–H groups in total. The van der Waals surface area contributed by atoms with Crippen LogP contribution in [0.25, 0.3) is 0 Å². The topological polar surface area (TPSA) is 0 Å². The SMILES string of the molecule is CC.CC.CC.CC.CC.CC.CC.CC.CC.CC.CC1(C)C=CCC1.CC1(C)C=CCCC1.CC1(C)CC1.CC1(C)CC=CC1.CC1(C)CC=CCC1.CC1(C)CCC1.CC1(C)CCCC1.CC1(C)CCCCC1.CC1(C)CCCCCC1.CC1(C)CCCCCCC1. The van der Waals surface area contributed by atoms with Gasteiger partial charge in [-0.15, -0.1) is 0 Å². The van der Waals surface area contributed by atoms with E-state index in [0.29, 0.717) is 43.3 Å². The molecule has 582 valence electrons. The molecule has 10 aliphatic rings. The molecule has 0 bridgehead atoms. The molecular weight excluding hydrogens is 1140 g/mol. The highest BCUT2D eigenvalue weighted by atomic mass is 14.4. The van der Waals surface area contributed by atoms with Gasteiger partial charge in [-0.3, -0.25) is 0 Å². The third kappa shape index (κ3) is 90.9.